The molecule has 0 N–H and O–H groups in total. The summed E-state index contributed by atoms with van der Waals surface area (Å²) in [5, 5.41) is 21.5. The van der Waals surface area contributed by atoms with Crippen LogP contribution >= 0.6 is 11.6 Å². The molecule has 2 aromatic carbocycles. The number of nitro groups is 1. The van der Waals surface area contributed by atoms with E-state index in [2.05, 4.69) is 6.07 Å². The molecule has 5 nitrogen and oxygen atoms in total. The molecule has 0 saturated carbocycles. The first kappa shape index (κ1) is 15.1. The number of ether oxygens (including phenoxy) is 1. The van der Waals surface area contributed by atoms with Crippen LogP contribution in [0.5, 0.6) is 0 Å². The van der Waals surface area contributed by atoms with Gasteiger partial charge in [0.05, 0.1) is 16.6 Å². The van der Waals surface area contributed by atoms with Gasteiger partial charge in [-0.25, -0.2) is 0 Å². The van der Waals surface area contributed by atoms with Gasteiger partial charge in [-0.2, -0.15) is 5.26 Å². The number of rotatable bonds is 3. The molecule has 0 fully saturated rings. The van der Waals surface area contributed by atoms with Crippen molar-refractivity contribution in [1.29, 1.82) is 5.26 Å². The Kier molecular flexibility index (Phi) is 4.00. The molecular formula is C17H11ClN2O3. The Morgan fingerprint density at radius 2 is 1.78 bits per heavy atom. The van der Waals surface area contributed by atoms with Crippen LogP contribution in [0.3, 0.4) is 0 Å². The van der Waals surface area contributed by atoms with Crippen molar-refractivity contribution in [3.63, 3.8) is 0 Å². The highest BCUT2D eigenvalue weighted by Crippen LogP contribution is 2.43. The molecule has 114 valence electrons. The maximum atomic E-state index is 11.4. The van der Waals surface area contributed by atoms with Gasteiger partial charge in [-0.05, 0) is 17.7 Å². The second-order valence-corrected chi connectivity index (χ2v) is 5.48. The van der Waals surface area contributed by atoms with E-state index in [9.17, 15) is 15.4 Å². The minimum Gasteiger partial charge on any atom is -0.427 e. The highest BCUT2D eigenvalue weighted by atomic mass is 35.5. The average Bonchev–Trinajstić information content (AvgIpc) is 2.96. The van der Waals surface area contributed by atoms with Gasteiger partial charge in [-0.3, -0.25) is 10.1 Å². The number of halogens is 1. The van der Waals surface area contributed by atoms with Gasteiger partial charge in [0.15, 0.2) is 0 Å². The Hall–Kier alpha value is -2.84. The predicted molar refractivity (Wildman–Crippen MR) is 85.0 cm³/mol. The van der Waals surface area contributed by atoms with Crippen LogP contribution in [0.2, 0.25) is 5.02 Å². The van der Waals surface area contributed by atoms with Gasteiger partial charge in [-0.1, -0.05) is 54.1 Å². The van der Waals surface area contributed by atoms with E-state index in [0.717, 1.165) is 0 Å². The molecule has 1 aliphatic rings. The first-order chi connectivity index (χ1) is 11.1. The molecule has 1 aliphatic heterocycles. The summed E-state index contributed by atoms with van der Waals surface area (Å²) >= 11 is 5.87. The van der Waals surface area contributed by atoms with E-state index in [4.69, 9.17) is 16.3 Å². The van der Waals surface area contributed by atoms with Crippen LogP contribution < -0.4 is 0 Å². The SMILES string of the molecule is N#CC1=C(c2ccccc2)O[C@H]([N+](=O)[O-])[C@H]1c1ccc(Cl)cc1. The second kappa shape index (κ2) is 6.11. The van der Waals surface area contributed by atoms with Gasteiger partial charge in [0.25, 0.3) is 0 Å². The number of hydrogen-bond acceptors (Lipinski definition) is 4. The summed E-state index contributed by atoms with van der Waals surface area (Å²) in [4.78, 5) is 10.9. The van der Waals surface area contributed by atoms with E-state index < -0.39 is 17.1 Å². The summed E-state index contributed by atoms with van der Waals surface area (Å²) in [5.74, 6) is -0.503. The quantitative estimate of drug-likeness (QED) is 0.631. The summed E-state index contributed by atoms with van der Waals surface area (Å²) < 4.78 is 5.53. The second-order valence-electron chi connectivity index (χ2n) is 5.04. The van der Waals surface area contributed by atoms with Crippen molar-refractivity contribution in [3.05, 3.63) is 86.4 Å². The molecule has 0 aromatic heterocycles. The van der Waals surface area contributed by atoms with Gasteiger partial charge < -0.3 is 4.74 Å². The standard InChI is InChI=1S/C17H11ClN2O3/c18-13-8-6-11(7-9-13)15-14(10-19)16(23-17(15)20(21)22)12-4-2-1-3-5-12/h1-9,15,17H/t15-,17-/m0/s1. The lowest BCUT2D eigenvalue weighted by Gasteiger charge is -2.12. The van der Waals surface area contributed by atoms with Crippen LogP contribution in [-0.4, -0.2) is 11.2 Å². The van der Waals surface area contributed by atoms with Crippen LogP contribution in [-0.2, 0) is 4.74 Å². The zero-order chi connectivity index (χ0) is 16.4. The van der Waals surface area contributed by atoms with Gasteiger partial charge in [0.1, 0.15) is 11.7 Å². The Morgan fingerprint density at radius 1 is 1.13 bits per heavy atom. The van der Waals surface area contributed by atoms with E-state index in [1.807, 2.05) is 6.07 Å². The normalized spacial score (nSPS) is 20.0. The Bertz CT molecular complexity index is 810. The van der Waals surface area contributed by atoms with E-state index in [1.165, 1.54) is 0 Å². The third kappa shape index (κ3) is 2.77. The smallest absolute Gasteiger partial charge is 0.365 e. The minimum absolute atomic E-state index is 0.250. The van der Waals surface area contributed by atoms with Crippen molar-refractivity contribution < 1.29 is 9.66 Å². The number of benzene rings is 2. The van der Waals surface area contributed by atoms with Crippen LogP contribution in [0.1, 0.15) is 17.0 Å². The summed E-state index contributed by atoms with van der Waals surface area (Å²) in [6.45, 7) is 0. The van der Waals surface area contributed by atoms with Crippen molar-refractivity contribution in [3.8, 4) is 6.07 Å². The molecule has 3 rings (SSSR count). The number of hydrogen-bond donors (Lipinski definition) is 0. The Labute approximate surface area is 137 Å². The molecule has 6 heteroatoms. The fourth-order valence-electron chi connectivity index (χ4n) is 2.64. The van der Waals surface area contributed by atoms with E-state index in [0.29, 0.717) is 16.1 Å². The van der Waals surface area contributed by atoms with Crippen LogP contribution in [0.4, 0.5) is 0 Å². The predicted octanol–water partition coefficient (Wildman–Crippen LogP) is 3.99. The molecule has 23 heavy (non-hydrogen) atoms. The van der Waals surface area contributed by atoms with Crippen LogP contribution in [0.15, 0.2) is 60.2 Å². The first-order valence-corrected chi connectivity index (χ1v) is 7.25. The lowest BCUT2D eigenvalue weighted by atomic mass is 9.90. The van der Waals surface area contributed by atoms with Crippen LogP contribution in [0, 0.1) is 21.4 Å². The molecule has 0 amide bonds. The lowest BCUT2D eigenvalue weighted by Crippen LogP contribution is -2.26. The third-order valence-corrected chi connectivity index (χ3v) is 3.92. The van der Waals surface area contributed by atoms with E-state index >= 15 is 0 Å². The fraction of sp³-hybridized carbons (Fsp3) is 0.118. The molecule has 0 radical (unpaired) electrons. The van der Waals surface area contributed by atoms with E-state index in [-0.39, 0.29) is 11.3 Å². The maximum absolute atomic E-state index is 11.4. The van der Waals surface area contributed by atoms with Gasteiger partial charge in [-0.15, -0.1) is 0 Å². The van der Waals surface area contributed by atoms with Crippen molar-refractivity contribution in [1.82, 2.24) is 0 Å². The summed E-state index contributed by atoms with van der Waals surface area (Å²) in [6.07, 6.45) is -1.33. The zero-order valence-corrected chi connectivity index (χ0v) is 12.6. The molecule has 2 atom stereocenters. The summed E-state index contributed by atoms with van der Waals surface area (Å²) in [5.41, 5.74) is 1.52. The third-order valence-electron chi connectivity index (χ3n) is 3.67. The van der Waals surface area contributed by atoms with Crippen molar-refractivity contribution >= 4 is 17.4 Å². The fourth-order valence-corrected chi connectivity index (χ4v) is 2.76. The molecule has 0 bridgehead atoms. The summed E-state index contributed by atoms with van der Waals surface area (Å²) in [6, 6.07) is 17.6. The first-order valence-electron chi connectivity index (χ1n) is 6.87. The number of nitrogens with zero attached hydrogens (tertiary/aromatic N) is 2. The van der Waals surface area contributed by atoms with E-state index in [1.54, 1.807) is 48.5 Å². The number of nitriles is 1. The average molecular weight is 327 g/mol. The molecule has 0 spiro atoms. The molecule has 0 saturated heterocycles. The molecule has 2 aromatic rings. The maximum Gasteiger partial charge on any atom is 0.365 e. The Balaban J connectivity index is 2.13. The highest BCUT2D eigenvalue weighted by Gasteiger charge is 2.46. The van der Waals surface area contributed by atoms with Crippen molar-refractivity contribution in [2.75, 3.05) is 0 Å². The monoisotopic (exact) mass is 326 g/mol. The zero-order valence-electron chi connectivity index (χ0n) is 11.8. The topological polar surface area (TPSA) is 76.2 Å². The van der Waals surface area contributed by atoms with Gasteiger partial charge in [0.2, 0.25) is 0 Å². The Morgan fingerprint density at radius 3 is 2.35 bits per heavy atom. The highest BCUT2D eigenvalue weighted by molar-refractivity contribution is 6.30. The minimum atomic E-state index is -1.33. The molecule has 1 heterocycles. The largest absolute Gasteiger partial charge is 0.427 e. The van der Waals surface area contributed by atoms with Gasteiger partial charge in [0, 0.05) is 10.6 Å². The molecular weight excluding hydrogens is 316 g/mol. The van der Waals surface area contributed by atoms with Gasteiger partial charge >= 0.3 is 6.23 Å². The van der Waals surface area contributed by atoms with Crippen molar-refractivity contribution in [2.24, 2.45) is 0 Å². The lowest BCUT2D eigenvalue weighted by molar-refractivity contribution is -0.567. The van der Waals surface area contributed by atoms with Crippen molar-refractivity contribution in [2.45, 2.75) is 12.1 Å². The molecule has 0 unspecified atom stereocenters. The molecule has 0 aliphatic carbocycles. The summed E-state index contributed by atoms with van der Waals surface area (Å²) in [7, 11) is 0. The van der Waals surface area contributed by atoms with Crippen LogP contribution in [0.25, 0.3) is 5.76 Å².